The number of hydrogen-bond acceptors (Lipinski definition) is 2. The minimum absolute atomic E-state index is 0.947. The van der Waals surface area contributed by atoms with Gasteiger partial charge >= 0.3 is 11.9 Å². The van der Waals surface area contributed by atoms with Gasteiger partial charge in [-0.2, -0.15) is 0 Å². The van der Waals surface area contributed by atoms with E-state index in [4.69, 9.17) is 10.2 Å². The summed E-state index contributed by atoms with van der Waals surface area (Å²) in [4.78, 5) is 20.6. The number of carboxylic acid groups (broad SMARTS) is 2. The highest BCUT2D eigenvalue weighted by Crippen LogP contribution is 2.12. The molecule has 0 atom stereocenters. The van der Waals surface area contributed by atoms with Gasteiger partial charge in [0, 0.05) is 12.2 Å². The minimum Gasteiger partial charge on any atom is -0.478 e. The Kier molecular flexibility index (Phi) is 7.47. The number of hydrogen-bond donors (Lipinski definition) is 2. The fraction of sp³-hybridized carbons (Fsp3) is 0. The molecule has 0 spiro atoms. The van der Waals surface area contributed by atoms with Crippen LogP contribution >= 0.6 is 0 Å². The van der Waals surface area contributed by atoms with E-state index < -0.39 is 11.9 Å². The third-order valence-corrected chi connectivity index (χ3v) is 2.47. The molecule has 0 aliphatic heterocycles. The van der Waals surface area contributed by atoms with Crippen LogP contribution in [0.3, 0.4) is 0 Å². The lowest BCUT2D eigenvalue weighted by Crippen LogP contribution is -1.84. The molecular weight excluding hydrogens is 280 g/mol. The maximum atomic E-state index is 10.4. The van der Waals surface area contributed by atoms with Crippen molar-refractivity contribution in [3.8, 4) is 0 Å². The van der Waals surface area contributed by atoms with Crippen molar-refractivity contribution in [1.82, 2.24) is 0 Å². The lowest BCUT2D eigenvalue weighted by atomic mass is 10.1. The first-order valence-electron chi connectivity index (χ1n) is 6.50. The van der Waals surface area contributed by atoms with Crippen molar-refractivity contribution >= 4 is 24.1 Å². The summed E-state index contributed by atoms with van der Waals surface area (Å²) in [5.41, 5.74) is 1.91. The van der Waals surface area contributed by atoms with E-state index in [1.54, 1.807) is 24.3 Å². The monoisotopic (exact) mass is 296 g/mol. The van der Waals surface area contributed by atoms with Gasteiger partial charge in [-0.3, -0.25) is 0 Å². The van der Waals surface area contributed by atoms with Crippen LogP contribution < -0.4 is 0 Å². The number of carboxylic acids is 2. The van der Waals surface area contributed by atoms with Crippen LogP contribution in [-0.4, -0.2) is 22.2 Å². The van der Waals surface area contributed by atoms with Gasteiger partial charge in [0.05, 0.1) is 0 Å². The van der Waals surface area contributed by atoms with Gasteiger partial charge in [0.15, 0.2) is 0 Å². The second kappa shape index (κ2) is 9.72. The molecule has 0 heterocycles. The highest BCUT2D eigenvalue weighted by Gasteiger charge is 1.92. The number of rotatable bonds is 7. The zero-order chi connectivity index (χ0) is 16.2. The maximum Gasteiger partial charge on any atom is 0.328 e. The summed E-state index contributed by atoms with van der Waals surface area (Å²) in [6.45, 7) is 0. The molecule has 0 aromatic heterocycles. The van der Waals surface area contributed by atoms with Crippen LogP contribution in [0.2, 0.25) is 0 Å². The molecule has 0 saturated carbocycles. The molecule has 0 radical (unpaired) electrons. The maximum absolute atomic E-state index is 10.4. The van der Waals surface area contributed by atoms with Crippen LogP contribution in [0.4, 0.5) is 0 Å². The summed E-state index contributed by atoms with van der Waals surface area (Å²) in [7, 11) is 0. The Morgan fingerprint density at radius 2 is 1.09 bits per heavy atom. The van der Waals surface area contributed by atoms with E-state index in [-0.39, 0.29) is 0 Å². The van der Waals surface area contributed by atoms with E-state index >= 15 is 0 Å². The highest BCUT2D eigenvalue weighted by atomic mass is 16.4. The second-order valence-corrected chi connectivity index (χ2v) is 4.13. The van der Waals surface area contributed by atoms with Gasteiger partial charge in [-0.1, -0.05) is 72.9 Å². The fourth-order valence-corrected chi connectivity index (χ4v) is 1.54. The third kappa shape index (κ3) is 7.45. The molecule has 2 N–H and O–H groups in total. The molecule has 0 unspecified atom stereocenters. The highest BCUT2D eigenvalue weighted by molar-refractivity contribution is 5.80. The number of aliphatic carboxylic acids is 2. The summed E-state index contributed by atoms with van der Waals surface area (Å²) in [5, 5.41) is 16.9. The van der Waals surface area contributed by atoms with Crippen LogP contribution in [0.5, 0.6) is 0 Å². The molecule has 0 saturated heterocycles. The van der Waals surface area contributed by atoms with Crippen molar-refractivity contribution in [3.63, 3.8) is 0 Å². The van der Waals surface area contributed by atoms with Gasteiger partial charge in [-0.05, 0) is 11.1 Å². The van der Waals surface area contributed by atoms with E-state index in [2.05, 4.69) is 0 Å². The van der Waals surface area contributed by atoms with Gasteiger partial charge in [0.1, 0.15) is 0 Å². The molecule has 0 fully saturated rings. The van der Waals surface area contributed by atoms with Crippen LogP contribution in [-0.2, 0) is 9.59 Å². The fourth-order valence-electron chi connectivity index (χ4n) is 1.54. The summed E-state index contributed by atoms with van der Waals surface area (Å²) in [5.74, 6) is -1.98. The van der Waals surface area contributed by atoms with Crippen molar-refractivity contribution in [2.75, 3.05) is 0 Å². The molecule has 1 aromatic rings. The Bertz CT molecular complexity index is 661. The summed E-state index contributed by atoms with van der Waals surface area (Å²) in [6, 6.07) is 7.64. The number of benzene rings is 1. The van der Waals surface area contributed by atoms with Crippen molar-refractivity contribution in [2.24, 2.45) is 0 Å². The molecule has 0 bridgehead atoms. The summed E-state index contributed by atoms with van der Waals surface area (Å²) < 4.78 is 0. The molecule has 22 heavy (non-hydrogen) atoms. The molecule has 0 aliphatic carbocycles. The largest absolute Gasteiger partial charge is 0.478 e. The second-order valence-electron chi connectivity index (χ2n) is 4.13. The van der Waals surface area contributed by atoms with Crippen molar-refractivity contribution in [1.29, 1.82) is 0 Å². The van der Waals surface area contributed by atoms with Gasteiger partial charge in [-0.15, -0.1) is 0 Å². The Balaban J connectivity index is 2.75. The molecule has 0 amide bonds. The zero-order valence-corrected chi connectivity index (χ0v) is 11.8. The smallest absolute Gasteiger partial charge is 0.328 e. The summed E-state index contributed by atoms with van der Waals surface area (Å²) in [6.07, 6.45) is 15.5. The van der Waals surface area contributed by atoms with Crippen molar-refractivity contribution < 1.29 is 19.8 Å². The molecule has 4 nitrogen and oxygen atoms in total. The quantitative estimate of drug-likeness (QED) is 0.596. The molecule has 4 heteroatoms. The predicted molar refractivity (Wildman–Crippen MR) is 87.2 cm³/mol. The lowest BCUT2D eigenvalue weighted by molar-refractivity contribution is -0.132. The Morgan fingerprint density at radius 3 is 1.59 bits per heavy atom. The lowest BCUT2D eigenvalue weighted by Gasteiger charge is -1.98. The standard InChI is InChI=1S/C18H16O4/c19-17(20)13-4-2-1-3-9-15-10-5-6-11-16(15)12-7-8-14-18(21)22/h1-14H,(H,19,20)(H,21,22)/b2-1+,9-3-,12-7+,13-4-,14-8+. The zero-order valence-electron chi connectivity index (χ0n) is 11.8. The van der Waals surface area contributed by atoms with Crippen LogP contribution in [0.1, 0.15) is 11.1 Å². The molecule has 1 aromatic carbocycles. The third-order valence-electron chi connectivity index (χ3n) is 2.47. The normalized spacial score (nSPS) is 12.4. The minimum atomic E-state index is -0.989. The SMILES string of the molecule is O=C(O)\C=C/C=C/C=C\c1ccccc1/C=C/C=C/C(=O)O. The van der Waals surface area contributed by atoms with Gasteiger partial charge in [-0.25, -0.2) is 9.59 Å². The van der Waals surface area contributed by atoms with Crippen molar-refractivity contribution in [3.05, 3.63) is 84.0 Å². The molecular formula is C18H16O4. The van der Waals surface area contributed by atoms with E-state index in [1.165, 1.54) is 12.2 Å². The van der Waals surface area contributed by atoms with Gasteiger partial charge in [0.25, 0.3) is 0 Å². The predicted octanol–water partition coefficient (Wildman–Crippen LogP) is 3.55. The van der Waals surface area contributed by atoms with E-state index in [0.717, 1.165) is 23.3 Å². The topological polar surface area (TPSA) is 74.6 Å². The van der Waals surface area contributed by atoms with Gasteiger partial charge in [0.2, 0.25) is 0 Å². The van der Waals surface area contributed by atoms with Gasteiger partial charge < -0.3 is 10.2 Å². The van der Waals surface area contributed by atoms with E-state index in [0.29, 0.717) is 0 Å². The van der Waals surface area contributed by atoms with E-state index in [1.807, 2.05) is 36.4 Å². The first-order chi connectivity index (χ1) is 10.6. The van der Waals surface area contributed by atoms with Crippen LogP contribution in [0.25, 0.3) is 12.2 Å². The molecule has 0 aliphatic rings. The van der Waals surface area contributed by atoms with Crippen LogP contribution in [0.15, 0.2) is 72.9 Å². The average molecular weight is 296 g/mol. The average Bonchev–Trinajstić information content (AvgIpc) is 2.48. The molecule has 112 valence electrons. The first kappa shape index (κ1) is 16.9. The number of allylic oxidation sites excluding steroid dienone is 6. The Labute approximate surface area is 128 Å². The van der Waals surface area contributed by atoms with Crippen molar-refractivity contribution in [2.45, 2.75) is 0 Å². The Hall–Kier alpha value is -3.14. The Morgan fingerprint density at radius 1 is 0.682 bits per heavy atom. The summed E-state index contributed by atoms with van der Waals surface area (Å²) >= 11 is 0. The molecule has 1 rings (SSSR count). The van der Waals surface area contributed by atoms with E-state index in [9.17, 15) is 9.59 Å². The first-order valence-corrected chi connectivity index (χ1v) is 6.50. The number of carbonyl (C=O) groups is 2. The van der Waals surface area contributed by atoms with Crippen LogP contribution in [0, 0.1) is 0 Å².